The third-order valence-electron chi connectivity index (χ3n) is 2.66. The van der Waals surface area contributed by atoms with Gasteiger partial charge >= 0.3 is 0 Å². The molecule has 0 amide bonds. The zero-order valence-electron chi connectivity index (χ0n) is 9.28. The summed E-state index contributed by atoms with van der Waals surface area (Å²) in [7, 11) is 0. The Morgan fingerprint density at radius 3 is 2.72 bits per heavy atom. The second kappa shape index (κ2) is 4.78. The molecule has 1 N–H and O–H groups in total. The minimum atomic E-state index is -0.188. The maximum Gasteiger partial charge on any atom is 0.137 e. The van der Waals surface area contributed by atoms with Gasteiger partial charge in [0.1, 0.15) is 5.82 Å². The molecule has 4 heteroatoms. The molecule has 0 aliphatic carbocycles. The van der Waals surface area contributed by atoms with Crippen LogP contribution >= 0.6 is 27.7 Å². The molecule has 0 aliphatic rings. The summed E-state index contributed by atoms with van der Waals surface area (Å²) in [5, 5.41) is 1.10. The first-order valence-corrected chi connectivity index (χ1v) is 7.04. The van der Waals surface area contributed by atoms with Crippen LogP contribution in [0.25, 0.3) is 10.9 Å². The molecule has 0 spiro atoms. The van der Waals surface area contributed by atoms with Gasteiger partial charge in [-0.2, -0.15) is 0 Å². The number of H-pyrrole nitrogens is 1. The summed E-state index contributed by atoms with van der Waals surface area (Å²) < 4.78 is 14.6. The summed E-state index contributed by atoms with van der Waals surface area (Å²) in [6.07, 6.45) is 1.91. The Labute approximate surface area is 117 Å². The van der Waals surface area contributed by atoms with Gasteiger partial charge in [0, 0.05) is 31.4 Å². The summed E-state index contributed by atoms with van der Waals surface area (Å²) in [6.45, 7) is 0. The Kier molecular flexibility index (Phi) is 3.14. The van der Waals surface area contributed by atoms with Crippen LogP contribution in [0.15, 0.2) is 62.9 Å². The average molecular weight is 322 g/mol. The lowest BCUT2D eigenvalue weighted by Crippen LogP contribution is -1.78. The number of rotatable bonds is 2. The summed E-state index contributed by atoms with van der Waals surface area (Å²) >= 11 is 4.89. The fraction of sp³-hybridized carbons (Fsp3) is 0. The van der Waals surface area contributed by atoms with Crippen LogP contribution in [0.2, 0.25) is 0 Å². The SMILES string of the molecule is Fc1ccccc1Sc1c[nH]c2ccc(Br)cc12. The van der Waals surface area contributed by atoms with Gasteiger partial charge in [-0.25, -0.2) is 4.39 Å². The number of hydrogen-bond donors (Lipinski definition) is 1. The summed E-state index contributed by atoms with van der Waals surface area (Å²) in [6, 6.07) is 12.8. The maximum absolute atomic E-state index is 13.6. The van der Waals surface area contributed by atoms with Gasteiger partial charge in [0.25, 0.3) is 0 Å². The number of aromatic nitrogens is 1. The van der Waals surface area contributed by atoms with E-state index < -0.39 is 0 Å². The molecule has 0 atom stereocenters. The van der Waals surface area contributed by atoms with Crippen LogP contribution in [0, 0.1) is 5.82 Å². The van der Waals surface area contributed by atoms with Gasteiger partial charge in [-0.3, -0.25) is 0 Å². The summed E-state index contributed by atoms with van der Waals surface area (Å²) in [5.41, 5.74) is 1.05. The molecule has 0 saturated heterocycles. The normalized spacial score (nSPS) is 11.0. The van der Waals surface area contributed by atoms with Crippen LogP contribution < -0.4 is 0 Å². The quantitative estimate of drug-likeness (QED) is 0.684. The van der Waals surface area contributed by atoms with E-state index in [0.717, 1.165) is 20.3 Å². The van der Waals surface area contributed by atoms with Crippen molar-refractivity contribution in [3.05, 3.63) is 59.0 Å². The van der Waals surface area contributed by atoms with Gasteiger partial charge in [-0.05, 0) is 30.3 Å². The average Bonchev–Trinajstić information content (AvgIpc) is 2.75. The Bertz CT molecular complexity index is 708. The standard InChI is InChI=1S/C14H9BrFNS/c15-9-5-6-12-10(7-9)14(8-17-12)18-13-4-2-1-3-11(13)16/h1-8,17H. The van der Waals surface area contributed by atoms with Crippen molar-refractivity contribution in [3.63, 3.8) is 0 Å². The molecule has 1 aromatic heterocycles. The van der Waals surface area contributed by atoms with Gasteiger partial charge < -0.3 is 4.98 Å². The molecule has 0 saturated carbocycles. The monoisotopic (exact) mass is 321 g/mol. The van der Waals surface area contributed by atoms with Crippen molar-refractivity contribution in [1.82, 2.24) is 4.98 Å². The number of nitrogens with one attached hydrogen (secondary N) is 1. The number of halogens is 2. The molecular formula is C14H9BrFNS. The highest BCUT2D eigenvalue weighted by Gasteiger charge is 2.08. The van der Waals surface area contributed by atoms with E-state index in [2.05, 4.69) is 20.9 Å². The highest BCUT2D eigenvalue weighted by molar-refractivity contribution is 9.10. The Morgan fingerprint density at radius 2 is 1.89 bits per heavy atom. The van der Waals surface area contributed by atoms with Crippen molar-refractivity contribution >= 4 is 38.6 Å². The molecule has 3 aromatic rings. The molecule has 0 aliphatic heterocycles. The molecule has 18 heavy (non-hydrogen) atoms. The van der Waals surface area contributed by atoms with Crippen molar-refractivity contribution in [2.45, 2.75) is 9.79 Å². The fourth-order valence-electron chi connectivity index (χ4n) is 1.80. The lowest BCUT2D eigenvalue weighted by molar-refractivity contribution is 0.602. The smallest absolute Gasteiger partial charge is 0.137 e. The van der Waals surface area contributed by atoms with E-state index in [0.29, 0.717) is 4.90 Å². The van der Waals surface area contributed by atoms with E-state index in [1.165, 1.54) is 17.8 Å². The second-order valence-corrected chi connectivity index (χ2v) is 5.87. The molecule has 90 valence electrons. The molecular weight excluding hydrogens is 313 g/mol. The van der Waals surface area contributed by atoms with Gasteiger partial charge in [0.2, 0.25) is 0 Å². The number of benzene rings is 2. The minimum Gasteiger partial charge on any atom is -0.360 e. The topological polar surface area (TPSA) is 15.8 Å². The lowest BCUT2D eigenvalue weighted by Gasteiger charge is -2.01. The minimum absolute atomic E-state index is 0.188. The summed E-state index contributed by atoms with van der Waals surface area (Å²) in [4.78, 5) is 4.85. The Hall–Kier alpha value is -1.26. The second-order valence-electron chi connectivity index (χ2n) is 3.88. The van der Waals surface area contributed by atoms with E-state index in [-0.39, 0.29) is 5.82 Å². The van der Waals surface area contributed by atoms with Crippen molar-refractivity contribution in [1.29, 1.82) is 0 Å². The van der Waals surface area contributed by atoms with Gasteiger partial charge in [-0.15, -0.1) is 0 Å². The predicted octanol–water partition coefficient (Wildman–Crippen LogP) is 5.22. The van der Waals surface area contributed by atoms with Crippen LogP contribution in [0.3, 0.4) is 0 Å². The Balaban J connectivity index is 2.05. The third kappa shape index (κ3) is 2.18. The van der Waals surface area contributed by atoms with Crippen LogP contribution in [0.4, 0.5) is 4.39 Å². The molecule has 0 bridgehead atoms. The van der Waals surface area contributed by atoms with Crippen molar-refractivity contribution in [2.75, 3.05) is 0 Å². The Morgan fingerprint density at radius 1 is 1.06 bits per heavy atom. The number of hydrogen-bond acceptors (Lipinski definition) is 1. The fourth-order valence-corrected chi connectivity index (χ4v) is 3.10. The largest absolute Gasteiger partial charge is 0.360 e. The molecule has 3 rings (SSSR count). The summed E-state index contributed by atoms with van der Waals surface area (Å²) in [5.74, 6) is -0.188. The zero-order valence-corrected chi connectivity index (χ0v) is 11.7. The lowest BCUT2D eigenvalue weighted by atomic mass is 10.2. The van der Waals surface area contributed by atoms with E-state index in [4.69, 9.17) is 0 Å². The molecule has 2 aromatic carbocycles. The van der Waals surface area contributed by atoms with Gasteiger partial charge in [-0.1, -0.05) is 39.8 Å². The first kappa shape index (κ1) is 11.8. The molecule has 1 nitrogen and oxygen atoms in total. The molecule has 0 fully saturated rings. The van der Waals surface area contributed by atoms with Gasteiger partial charge in [0.15, 0.2) is 0 Å². The van der Waals surface area contributed by atoms with Crippen molar-refractivity contribution in [2.24, 2.45) is 0 Å². The molecule has 0 radical (unpaired) electrons. The highest BCUT2D eigenvalue weighted by atomic mass is 79.9. The third-order valence-corrected chi connectivity index (χ3v) is 4.26. The van der Waals surface area contributed by atoms with Crippen LogP contribution in [-0.4, -0.2) is 4.98 Å². The number of fused-ring (bicyclic) bond motifs is 1. The first-order chi connectivity index (χ1) is 8.74. The molecule has 1 heterocycles. The van der Waals surface area contributed by atoms with Crippen molar-refractivity contribution < 1.29 is 4.39 Å². The van der Waals surface area contributed by atoms with Crippen molar-refractivity contribution in [3.8, 4) is 0 Å². The van der Waals surface area contributed by atoms with E-state index in [9.17, 15) is 4.39 Å². The van der Waals surface area contributed by atoms with E-state index in [1.54, 1.807) is 12.1 Å². The maximum atomic E-state index is 13.6. The first-order valence-electron chi connectivity index (χ1n) is 5.43. The highest BCUT2D eigenvalue weighted by Crippen LogP contribution is 2.35. The van der Waals surface area contributed by atoms with Crippen LogP contribution in [-0.2, 0) is 0 Å². The van der Waals surface area contributed by atoms with Crippen LogP contribution in [0.5, 0.6) is 0 Å². The van der Waals surface area contributed by atoms with Gasteiger partial charge in [0.05, 0.1) is 0 Å². The van der Waals surface area contributed by atoms with E-state index in [1.807, 2.05) is 30.5 Å². The van der Waals surface area contributed by atoms with Crippen LogP contribution in [0.1, 0.15) is 0 Å². The molecule has 0 unspecified atom stereocenters. The number of aromatic amines is 1. The van der Waals surface area contributed by atoms with E-state index >= 15 is 0 Å². The zero-order chi connectivity index (χ0) is 12.5. The predicted molar refractivity (Wildman–Crippen MR) is 76.5 cm³/mol.